The van der Waals surface area contributed by atoms with Gasteiger partial charge in [0.05, 0.1) is 0 Å². The molecule has 0 spiro atoms. The lowest BCUT2D eigenvalue weighted by Gasteiger charge is -2.39. The highest BCUT2D eigenvalue weighted by Crippen LogP contribution is 2.23. The van der Waals surface area contributed by atoms with Gasteiger partial charge >= 0.3 is 5.97 Å². The van der Waals surface area contributed by atoms with Crippen molar-refractivity contribution < 1.29 is 9.90 Å². The van der Waals surface area contributed by atoms with Gasteiger partial charge in [-0.15, -0.1) is 0 Å². The fourth-order valence-corrected chi connectivity index (χ4v) is 3.88. The molecule has 0 saturated carbocycles. The molecule has 0 radical (unpaired) electrons. The Balaban J connectivity index is 1.66. The van der Waals surface area contributed by atoms with Gasteiger partial charge in [-0.3, -0.25) is 4.79 Å². The molecule has 2 heterocycles. The quantitative estimate of drug-likeness (QED) is 0.734. The summed E-state index contributed by atoms with van der Waals surface area (Å²) in [6.07, 6.45) is 8.99. The molecular weight excluding hydrogens is 264 g/mol. The standard InChI is InChI=1S/C17H32N2O2/c1-15-7-2-5-12-19(15)14-16-8-6-11-18(13-16)10-4-3-9-17(20)21/h15-16H,2-14H2,1H3,(H,20,21). The van der Waals surface area contributed by atoms with Gasteiger partial charge in [-0.1, -0.05) is 6.42 Å². The molecule has 0 aromatic rings. The molecule has 0 amide bonds. The zero-order chi connectivity index (χ0) is 15.1. The van der Waals surface area contributed by atoms with Gasteiger partial charge < -0.3 is 14.9 Å². The molecule has 21 heavy (non-hydrogen) atoms. The summed E-state index contributed by atoms with van der Waals surface area (Å²) in [5.41, 5.74) is 0. The first-order valence-electron chi connectivity index (χ1n) is 8.83. The van der Waals surface area contributed by atoms with Gasteiger partial charge in [0.15, 0.2) is 0 Å². The maximum Gasteiger partial charge on any atom is 0.303 e. The van der Waals surface area contributed by atoms with E-state index in [-0.39, 0.29) is 0 Å². The Labute approximate surface area is 129 Å². The van der Waals surface area contributed by atoms with Crippen molar-refractivity contribution in [1.82, 2.24) is 9.80 Å². The van der Waals surface area contributed by atoms with Crippen molar-refractivity contribution in [1.29, 1.82) is 0 Å². The van der Waals surface area contributed by atoms with Crippen LogP contribution in [0, 0.1) is 5.92 Å². The Morgan fingerprint density at radius 2 is 2.00 bits per heavy atom. The van der Waals surface area contributed by atoms with Crippen LogP contribution < -0.4 is 0 Å². The number of rotatable bonds is 7. The highest BCUT2D eigenvalue weighted by atomic mass is 16.4. The molecule has 2 saturated heterocycles. The highest BCUT2D eigenvalue weighted by Gasteiger charge is 2.25. The maximum atomic E-state index is 10.5. The van der Waals surface area contributed by atoms with Crippen LogP contribution in [0.15, 0.2) is 0 Å². The van der Waals surface area contributed by atoms with E-state index in [1.54, 1.807) is 0 Å². The van der Waals surface area contributed by atoms with E-state index in [0.717, 1.165) is 31.3 Å². The number of likely N-dealkylation sites (tertiary alicyclic amines) is 2. The lowest BCUT2D eigenvalue weighted by molar-refractivity contribution is -0.137. The van der Waals surface area contributed by atoms with Gasteiger partial charge in [0.25, 0.3) is 0 Å². The molecule has 2 aliphatic heterocycles. The molecule has 4 heteroatoms. The van der Waals surface area contributed by atoms with Gasteiger partial charge in [-0.25, -0.2) is 0 Å². The second-order valence-electron chi connectivity index (χ2n) is 7.00. The first-order valence-corrected chi connectivity index (χ1v) is 8.83. The minimum absolute atomic E-state index is 0.322. The van der Waals surface area contributed by atoms with Gasteiger partial charge in [-0.2, -0.15) is 0 Å². The number of carbonyl (C=O) groups is 1. The summed E-state index contributed by atoms with van der Waals surface area (Å²) in [7, 11) is 0. The summed E-state index contributed by atoms with van der Waals surface area (Å²) < 4.78 is 0. The van der Waals surface area contributed by atoms with Crippen LogP contribution in [0.25, 0.3) is 0 Å². The van der Waals surface area contributed by atoms with Crippen molar-refractivity contribution >= 4 is 5.97 Å². The number of piperidine rings is 2. The Bertz CT molecular complexity index is 322. The van der Waals surface area contributed by atoms with Crippen molar-refractivity contribution in [2.45, 2.75) is 64.3 Å². The number of aliphatic carboxylic acids is 1. The fraction of sp³-hybridized carbons (Fsp3) is 0.941. The van der Waals surface area contributed by atoms with E-state index in [2.05, 4.69) is 16.7 Å². The Morgan fingerprint density at radius 3 is 2.76 bits per heavy atom. The molecule has 1 N–H and O–H groups in total. The van der Waals surface area contributed by atoms with Crippen LogP contribution in [0.4, 0.5) is 0 Å². The third kappa shape index (κ3) is 5.95. The van der Waals surface area contributed by atoms with Crippen molar-refractivity contribution in [3.8, 4) is 0 Å². The number of hydrogen-bond donors (Lipinski definition) is 1. The van der Waals surface area contributed by atoms with Crippen LogP contribution in [0.1, 0.15) is 58.3 Å². The van der Waals surface area contributed by atoms with Gasteiger partial charge in [0.2, 0.25) is 0 Å². The second-order valence-corrected chi connectivity index (χ2v) is 7.00. The SMILES string of the molecule is CC1CCCCN1CC1CCCN(CCCCC(=O)O)C1. The third-order valence-corrected chi connectivity index (χ3v) is 5.15. The molecule has 0 aromatic carbocycles. The van der Waals surface area contributed by atoms with Crippen molar-refractivity contribution in [3.63, 3.8) is 0 Å². The number of unbranched alkanes of at least 4 members (excludes halogenated alkanes) is 1. The van der Waals surface area contributed by atoms with Crippen LogP contribution in [0.2, 0.25) is 0 Å². The number of nitrogens with zero attached hydrogens (tertiary/aromatic N) is 2. The highest BCUT2D eigenvalue weighted by molar-refractivity contribution is 5.66. The average Bonchev–Trinajstić information content (AvgIpc) is 2.46. The molecule has 2 atom stereocenters. The van der Waals surface area contributed by atoms with Gasteiger partial charge in [0.1, 0.15) is 0 Å². The average molecular weight is 296 g/mol. The van der Waals surface area contributed by atoms with E-state index in [1.807, 2.05) is 0 Å². The second kappa shape index (κ2) is 8.74. The van der Waals surface area contributed by atoms with Crippen molar-refractivity contribution in [3.05, 3.63) is 0 Å². The zero-order valence-electron chi connectivity index (χ0n) is 13.6. The summed E-state index contributed by atoms with van der Waals surface area (Å²) >= 11 is 0. The Kier molecular flexibility index (Phi) is 6.97. The van der Waals surface area contributed by atoms with E-state index in [0.29, 0.717) is 6.42 Å². The first-order chi connectivity index (χ1) is 10.1. The van der Waals surface area contributed by atoms with Crippen LogP contribution in [0.3, 0.4) is 0 Å². The fourth-order valence-electron chi connectivity index (χ4n) is 3.88. The van der Waals surface area contributed by atoms with E-state index >= 15 is 0 Å². The van der Waals surface area contributed by atoms with E-state index in [4.69, 9.17) is 5.11 Å². The number of hydrogen-bond acceptors (Lipinski definition) is 3. The summed E-state index contributed by atoms with van der Waals surface area (Å²) in [5, 5.41) is 8.68. The number of carboxylic acids is 1. The van der Waals surface area contributed by atoms with Crippen LogP contribution in [-0.4, -0.2) is 59.6 Å². The molecule has 2 rings (SSSR count). The maximum absolute atomic E-state index is 10.5. The Hall–Kier alpha value is -0.610. The normalized spacial score (nSPS) is 28.6. The summed E-state index contributed by atoms with van der Waals surface area (Å²) in [6, 6.07) is 0.768. The van der Waals surface area contributed by atoms with E-state index in [9.17, 15) is 4.79 Å². The van der Waals surface area contributed by atoms with Crippen LogP contribution >= 0.6 is 0 Å². The molecule has 122 valence electrons. The zero-order valence-corrected chi connectivity index (χ0v) is 13.6. The topological polar surface area (TPSA) is 43.8 Å². The van der Waals surface area contributed by atoms with Crippen molar-refractivity contribution in [2.75, 3.05) is 32.7 Å². The van der Waals surface area contributed by atoms with E-state index in [1.165, 1.54) is 58.3 Å². The summed E-state index contributed by atoms with van der Waals surface area (Å²) in [5.74, 6) is 0.157. The lowest BCUT2D eigenvalue weighted by atomic mass is 9.94. The minimum atomic E-state index is -0.661. The largest absolute Gasteiger partial charge is 0.481 e. The lowest BCUT2D eigenvalue weighted by Crippen LogP contribution is -2.45. The molecule has 2 aliphatic rings. The first kappa shape index (κ1) is 16.8. The molecule has 4 nitrogen and oxygen atoms in total. The van der Waals surface area contributed by atoms with Crippen LogP contribution in [-0.2, 0) is 4.79 Å². The molecule has 0 aliphatic carbocycles. The van der Waals surface area contributed by atoms with Gasteiger partial charge in [-0.05, 0) is 71.0 Å². The predicted octanol–water partition coefficient (Wildman–Crippen LogP) is 2.83. The molecule has 2 fully saturated rings. The third-order valence-electron chi connectivity index (χ3n) is 5.15. The van der Waals surface area contributed by atoms with Crippen LogP contribution in [0.5, 0.6) is 0 Å². The summed E-state index contributed by atoms with van der Waals surface area (Å²) in [6.45, 7) is 8.45. The molecule has 0 aromatic heterocycles. The Morgan fingerprint density at radius 1 is 1.14 bits per heavy atom. The van der Waals surface area contributed by atoms with Gasteiger partial charge in [0, 0.05) is 25.6 Å². The molecule has 0 bridgehead atoms. The van der Waals surface area contributed by atoms with E-state index < -0.39 is 5.97 Å². The molecule has 2 unspecified atom stereocenters. The minimum Gasteiger partial charge on any atom is -0.481 e. The predicted molar refractivity (Wildman–Crippen MR) is 85.5 cm³/mol. The summed E-state index contributed by atoms with van der Waals surface area (Å²) in [4.78, 5) is 15.8. The van der Waals surface area contributed by atoms with Crippen molar-refractivity contribution in [2.24, 2.45) is 5.92 Å². The number of carboxylic acid groups (broad SMARTS) is 1. The molecular formula is C17H32N2O2. The smallest absolute Gasteiger partial charge is 0.303 e. The monoisotopic (exact) mass is 296 g/mol.